The minimum Gasteiger partial charge on any atom is -0.461 e. The Morgan fingerprint density at radius 2 is 1.68 bits per heavy atom. The van der Waals surface area contributed by atoms with Crippen molar-refractivity contribution in [2.45, 2.75) is 24.8 Å². The molecule has 4 nitrogen and oxygen atoms in total. The van der Waals surface area contributed by atoms with Crippen LogP contribution in [0.5, 0.6) is 0 Å². The van der Waals surface area contributed by atoms with E-state index in [1.54, 1.807) is 6.07 Å². The normalized spacial score (nSPS) is 12.2. The topological polar surface area (TPSA) is 50.5 Å². The van der Waals surface area contributed by atoms with Gasteiger partial charge in [-0.15, -0.1) is 0 Å². The van der Waals surface area contributed by atoms with Gasteiger partial charge in [-0.25, -0.2) is 17.2 Å². The molecule has 0 saturated carbocycles. The molecule has 0 spiro atoms. The maximum Gasteiger partial charge on any atom is 0.248 e. The number of furan rings is 1. The number of hydrogen-bond acceptors (Lipinski definition) is 3. The summed E-state index contributed by atoms with van der Waals surface area (Å²) in [6, 6.07) is 10.3. The summed E-state index contributed by atoms with van der Waals surface area (Å²) in [7, 11) is -3.03. The monoisotopic (exact) mass is 365 g/mol. The van der Waals surface area contributed by atoms with Crippen molar-refractivity contribution < 1.29 is 21.6 Å². The van der Waals surface area contributed by atoms with Crippen LogP contribution in [0.4, 0.5) is 8.78 Å². The van der Waals surface area contributed by atoms with E-state index in [4.69, 9.17) is 4.42 Å². The standard InChI is InChI=1S/C18H17F2NO3S/c1-3-16-13(12-7-4-5-10-17(12)24-16)11-21(2)25(22,23)18-14(19)8-6-9-15(18)20/h4-10H,3,11H2,1-2H3. The minimum atomic E-state index is -4.33. The third-order valence-corrected chi connectivity index (χ3v) is 5.93. The SMILES string of the molecule is CCc1oc2ccccc2c1CN(C)S(=O)(=O)c1c(F)cccc1F. The van der Waals surface area contributed by atoms with E-state index in [-0.39, 0.29) is 6.54 Å². The lowest BCUT2D eigenvalue weighted by Crippen LogP contribution is -2.28. The Bertz CT molecular complexity index is 1010. The molecule has 0 atom stereocenters. The van der Waals surface area contributed by atoms with Gasteiger partial charge >= 0.3 is 0 Å². The van der Waals surface area contributed by atoms with Crippen LogP contribution in [0.2, 0.25) is 0 Å². The Labute approximate surface area is 144 Å². The highest BCUT2D eigenvalue weighted by atomic mass is 32.2. The Kier molecular flexibility index (Phi) is 4.62. The lowest BCUT2D eigenvalue weighted by atomic mass is 10.1. The number of benzene rings is 2. The van der Waals surface area contributed by atoms with Gasteiger partial charge in [0.25, 0.3) is 0 Å². The molecule has 0 aliphatic carbocycles. The highest BCUT2D eigenvalue weighted by Crippen LogP contribution is 2.29. The van der Waals surface area contributed by atoms with Crippen molar-refractivity contribution in [3.05, 3.63) is 65.4 Å². The largest absolute Gasteiger partial charge is 0.461 e. The van der Waals surface area contributed by atoms with Gasteiger partial charge in [0, 0.05) is 31.0 Å². The Morgan fingerprint density at radius 1 is 1.04 bits per heavy atom. The number of nitrogens with zero attached hydrogens (tertiary/aromatic N) is 1. The lowest BCUT2D eigenvalue weighted by Gasteiger charge is -2.18. The molecule has 0 radical (unpaired) electrons. The van der Waals surface area contributed by atoms with Gasteiger partial charge in [-0.2, -0.15) is 4.31 Å². The average molecular weight is 365 g/mol. The summed E-state index contributed by atoms with van der Waals surface area (Å²) < 4.78 is 59.8. The van der Waals surface area contributed by atoms with E-state index in [1.807, 2.05) is 25.1 Å². The highest BCUT2D eigenvalue weighted by Gasteiger charge is 2.29. The number of fused-ring (bicyclic) bond motifs is 1. The highest BCUT2D eigenvalue weighted by molar-refractivity contribution is 7.89. The van der Waals surface area contributed by atoms with Gasteiger partial charge in [0.2, 0.25) is 10.0 Å². The van der Waals surface area contributed by atoms with Crippen LogP contribution in [-0.2, 0) is 23.0 Å². The van der Waals surface area contributed by atoms with Crippen molar-refractivity contribution >= 4 is 21.0 Å². The van der Waals surface area contributed by atoms with E-state index in [0.29, 0.717) is 23.3 Å². The molecule has 0 unspecified atom stereocenters. The van der Waals surface area contributed by atoms with E-state index in [9.17, 15) is 17.2 Å². The van der Waals surface area contributed by atoms with Crippen molar-refractivity contribution in [2.24, 2.45) is 0 Å². The third-order valence-electron chi connectivity index (χ3n) is 4.07. The molecule has 132 valence electrons. The van der Waals surface area contributed by atoms with E-state index in [1.165, 1.54) is 7.05 Å². The van der Waals surface area contributed by atoms with Gasteiger partial charge in [-0.05, 0) is 18.2 Å². The van der Waals surface area contributed by atoms with E-state index in [2.05, 4.69) is 0 Å². The van der Waals surface area contributed by atoms with Gasteiger partial charge in [0.1, 0.15) is 23.0 Å². The minimum absolute atomic E-state index is 0.0453. The van der Waals surface area contributed by atoms with Gasteiger partial charge in [-0.3, -0.25) is 0 Å². The molecule has 0 amide bonds. The van der Waals surface area contributed by atoms with Crippen molar-refractivity contribution in [3.8, 4) is 0 Å². The first-order valence-electron chi connectivity index (χ1n) is 7.76. The molecule has 0 bridgehead atoms. The summed E-state index contributed by atoms with van der Waals surface area (Å²) in [6.45, 7) is 1.85. The molecule has 3 aromatic rings. The predicted molar refractivity (Wildman–Crippen MR) is 90.6 cm³/mol. The van der Waals surface area contributed by atoms with Crippen molar-refractivity contribution in [1.82, 2.24) is 4.31 Å². The molecule has 7 heteroatoms. The zero-order valence-corrected chi connectivity index (χ0v) is 14.6. The number of hydrogen-bond donors (Lipinski definition) is 0. The fraction of sp³-hybridized carbons (Fsp3) is 0.222. The van der Waals surface area contributed by atoms with Crippen molar-refractivity contribution in [2.75, 3.05) is 7.05 Å². The van der Waals surface area contributed by atoms with Crippen LogP contribution in [0.1, 0.15) is 18.2 Å². The van der Waals surface area contributed by atoms with Crippen LogP contribution >= 0.6 is 0 Å². The summed E-state index contributed by atoms with van der Waals surface area (Å²) >= 11 is 0. The first-order valence-corrected chi connectivity index (χ1v) is 9.20. The second-order valence-corrected chi connectivity index (χ2v) is 7.65. The maximum absolute atomic E-state index is 13.9. The second kappa shape index (κ2) is 6.57. The second-order valence-electron chi connectivity index (χ2n) is 5.67. The van der Waals surface area contributed by atoms with Gasteiger partial charge < -0.3 is 4.42 Å². The maximum atomic E-state index is 13.9. The molecule has 1 aromatic heterocycles. The molecule has 0 saturated heterocycles. The smallest absolute Gasteiger partial charge is 0.248 e. The molecule has 0 aliphatic heterocycles. The zero-order valence-electron chi connectivity index (χ0n) is 13.8. The fourth-order valence-corrected chi connectivity index (χ4v) is 4.04. The van der Waals surface area contributed by atoms with Gasteiger partial charge in [0.05, 0.1) is 0 Å². The number of aryl methyl sites for hydroxylation is 1. The first kappa shape index (κ1) is 17.6. The number of para-hydroxylation sites is 1. The van der Waals surface area contributed by atoms with Crippen LogP contribution in [0.15, 0.2) is 51.8 Å². The van der Waals surface area contributed by atoms with E-state index < -0.39 is 26.6 Å². The summed E-state index contributed by atoms with van der Waals surface area (Å²) in [6.07, 6.45) is 0.575. The fourth-order valence-electron chi connectivity index (χ4n) is 2.80. The summed E-state index contributed by atoms with van der Waals surface area (Å²) in [5.74, 6) is -1.57. The number of sulfonamides is 1. The summed E-state index contributed by atoms with van der Waals surface area (Å²) in [5.41, 5.74) is 1.35. The van der Waals surface area contributed by atoms with Gasteiger partial charge in [0.15, 0.2) is 4.90 Å². The third kappa shape index (κ3) is 3.05. The number of rotatable bonds is 5. The summed E-state index contributed by atoms with van der Waals surface area (Å²) in [5, 5.41) is 0.787. The van der Waals surface area contributed by atoms with Gasteiger partial charge in [-0.1, -0.05) is 31.2 Å². The molecule has 25 heavy (non-hydrogen) atoms. The molecule has 0 aliphatic rings. The molecule has 2 aromatic carbocycles. The molecule has 3 rings (SSSR count). The number of halogens is 2. The molecule has 0 N–H and O–H groups in total. The van der Waals surface area contributed by atoms with Crippen molar-refractivity contribution in [3.63, 3.8) is 0 Å². The van der Waals surface area contributed by atoms with Crippen LogP contribution < -0.4 is 0 Å². The molecular formula is C18H17F2NO3S. The van der Waals surface area contributed by atoms with Crippen LogP contribution in [0, 0.1) is 11.6 Å². The van der Waals surface area contributed by atoms with Crippen molar-refractivity contribution in [1.29, 1.82) is 0 Å². The lowest BCUT2D eigenvalue weighted by molar-refractivity contribution is 0.443. The van der Waals surface area contributed by atoms with Crippen LogP contribution in [0.25, 0.3) is 11.0 Å². The summed E-state index contributed by atoms with van der Waals surface area (Å²) in [4.78, 5) is -0.941. The predicted octanol–water partition coefficient (Wildman–Crippen LogP) is 4.09. The average Bonchev–Trinajstić information content (AvgIpc) is 2.92. The van der Waals surface area contributed by atoms with E-state index >= 15 is 0 Å². The van der Waals surface area contributed by atoms with Crippen LogP contribution in [0.3, 0.4) is 0 Å². The first-order chi connectivity index (χ1) is 11.9. The molecule has 0 fully saturated rings. The molecule has 1 heterocycles. The molecular weight excluding hydrogens is 348 g/mol. The van der Waals surface area contributed by atoms with E-state index in [0.717, 1.165) is 27.9 Å². The Hall–Kier alpha value is -2.25. The Balaban J connectivity index is 2.04. The Morgan fingerprint density at radius 3 is 2.32 bits per heavy atom. The van der Waals surface area contributed by atoms with Crippen LogP contribution in [-0.4, -0.2) is 19.8 Å². The zero-order chi connectivity index (χ0) is 18.2. The quantitative estimate of drug-likeness (QED) is 0.684.